The average Bonchev–Trinajstić information content (AvgIpc) is 2.58. The van der Waals surface area contributed by atoms with Gasteiger partial charge in [0.1, 0.15) is 0 Å². The lowest BCUT2D eigenvalue weighted by Gasteiger charge is -2.04. The van der Waals surface area contributed by atoms with E-state index in [1.54, 1.807) is 12.4 Å². The van der Waals surface area contributed by atoms with Crippen LogP contribution in [0.4, 0.5) is 0 Å². The molecule has 0 bridgehead atoms. The van der Waals surface area contributed by atoms with Gasteiger partial charge in [-0.15, -0.1) is 0 Å². The molecule has 4 heteroatoms. The van der Waals surface area contributed by atoms with Crippen molar-refractivity contribution >= 4 is 5.97 Å². The fourth-order valence-corrected chi connectivity index (χ4v) is 2.64. The first-order chi connectivity index (χ1) is 11.7. The fraction of sp³-hybridized carbons (Fsp3) is 0.950. The molecular weight excluding hydrogens is 302 g/mol. The third-order valence-corrected chi connectivity index (χ3v) is 4.17. The highest BCUT2D eigenvalue weighted by atomic mass is 16.4. The van der Waals surface area contributed by atoms with Gasteiger partial charge in [-0.2, -0.15) is 0 Å². The van der Waals surface area contributed by atoms with Gasteiger partial charge in [0, 0.05) is 5.97 Å². The molecule has 0 aromatic rings. The van der Waals surface area contributed by atoms with Crippen molar-refractivity contribution < 1.29 is 20.3 Å². The lowest BCUT2D eigenvalue weighted by Crippen LogP contribution is -2.79. The maximum absolute atomic E-state index is 10.2. The summed E-state index contributed by atoms with van der Waals surface area (Å²) in [6.07, 6.45) is 19.9. The van der Waals surface area contributed by atoms with Crippen LogP contribution in [0.1, 0.15) is 110 Å². The Morgan fingerprint density at radius 1 is 0.750 bits per heavy atom. The van der Waals surface area contributed by atoms with Crippen LogP contribution in [0.3, 0.4) is 0 Å². The number of carbonyl (C=O) groups is 1. The SMILES string of the molecule is CCCCCCCCCCCCCCCCCC(=O)[O-].C[NH2+]CO. The Balaban J connectivity index is 0. The zero-order chi connectivity index (χ0) is 18.3. The molecule has 0 heterocycles. The molecule has 146 valence electrons. The van der Waals surface area contributed by atoms with Crippen LogP contribution in [-0.2, 0) is 4.79 Å². The van der Waals surface area contributed by atoms with Crippen molar-refractivity contribution in [3.8, 4) is 0 Å². The van der Waals surface area contributed by atoms with Gasteiger partial charge in [0.25, 0.3) is 0 Å². The van der Waals surface area contributed by atoms with Gasteiger partial charge in [-0.05, 0) is 12.8 Å². The number of quaternary nitrogens is 1. The molecule has 24 heavy (non-hydrogen) atoms. The number of hydrogen-bond acceptors (Lipinski definition) is 3. The number of hydrogen-bond donors (Lipinski definition) is 2. The number of carboxylic acid groups (broad SMARTS) is 1. The van der Waals surface area contributed by atoms with E-state index in [0.29, 0.717) is 0 Å². The highest BCUT2D eigenvalue weighted by Gasteiger charge is 1.94. The zero-order valence-electron chi connectivity index (χ0n) is 16.4. The molecule has 0 saturated heterocycles. The Kier molecular flexibility index (Phi) is 26.3. The third-order valence-electron chi connectivity index (χ3n) is 4.17. The fourth-order valence-electron chi connectivity index (χ4n) is 2.64. The van der Waals surface area contributed by atoms with Gasteiger partial charge in [0.15, 0.2) is 6.73 Å². The lowest BCUT2D eigenvalue weighted by atomic mass is 10.0. The number of rotatable bonds is 17. The number of carboxylic acids is 1. The van der Waals surface area contributed by atoms with Gasteiger partial charge < -0.3 is 20.3 Å². The molecule has 0 rings (SSSR count). The van der Waals surface area contributed by atoms with Crippen molar-refractivity contribution in [2.75, 3.05) is 13.8 Å². The molecule has 0 spiro atoms. The highest BCUT2D eigenvalue weighted by Crippen LogP contribution is 2.13. The Labute approximate surface area is 150 Å². The van der Waals surface area contributed by atoms with E-state index in [4.69, 9.17) is 5.11 Å². The van der Waals surface area contributed by atoms with Crippen LogP contribution in [0.5, 0.6) is 0 Å². The van der Waals surface area contributed by atoms with Crippen LogP contribution in [0.2, 0.25) is 0 Å². The van der Waals surface area contributed by atoms with Crippen LogP contribution in [0, 0.1) is 0 Å². The first-order valence-corrected chi connectivity index (χ1v) is 10.3. The molecule has 0 atom stereocenters. The molecule has 0 radical (unpaired) electrons. The van der Waals surface area contributed by atoms with E-state index in [9.17, 15) is 9.90 Å². The van der Waals surface area contributed by atoms with Gasteiger partial charge in [-0.25, -0.2) is 0 Å². The smallest absolute Gasteiger partial charge is 0.176 e. The largest absolute Gasteiger partial charge is 0.550 e. The van der Waals surface area contributed by atoms with E-state index in [1.807, 2.05) is 0 Å². The van der Waals surface area contributed by atoms with Crippen molar-refractivity contribution in [3.63, 3.8) is 0 Å². The number of carbonyl (C=O) groups excluding carboxylic acids is 1. The topological polar surface area (TPSA) is 77.0 Å². The van der Waals surface area contributed by atoms with Crippen LogP contribution >= 0.6 is 0 Å². The van der Waals surface area contributed by atoms with Crippen LogP contribution in [0.15, 0.2) is 0 Å². The second kappa shape index (κ2) is 24.6. The van der Waals surface area contributed by atoms with E-state index in [-0.39, 0.29) is 13.2 Å². The maximum atomic E-state index is 10.2. The van der Waals surface area contributed by atoms with Crippen molar-refractivity contribution in [1.29, 1.82) is 0 Å². The highest BCUT2D eigenvalue weighted by molar-refractivity contribution is 5.63. The summed E-state index contributed by atoms with van der Waals surface area (Å²) in [5, 5.41) is 19.7. The molecule has 0 saturated carbocycles. The average molecular weight is 346 g/mol. The molecule has 3 N–H and O–H groups in total. The quantitative estimate of drug-likeness (QED) is 0.314. The molecule has 4 nitrogen and oxygen atoms in total. The minimum Gasteiger partial charge on any atom is -0.550 e. The van der Waals surface area contributed by atoms with Gasteiger partial charge in [0.2, 0.25) is 0 Å². The summed E-state index contributed by atoms with van der Waals surface area (Å²) in [7, 11) is 1.81. The van der Waals surface area contributed by atoms with E-state index < -0.39 is 5.97 Å². The van der Waals surface area contributed by atoms with E-state index in [2.05, 4.69) is 6.92 Å². The summed E-state index contributed by atoms with van der Waals surface area (Å²) in [5.74, 6) is -0.903. The second-order valence-corrected chi connectivity index (χ2v) is 6.66. The monoisotopic (exact) mass is 345 g/mol. The van der Waals surface area contributed by atoms with Crippen molar-refractivity contribution in [2.45, 2.75) is 110 Å². The predicted molar refractivity (Wildman–Crippen MR) is 99.5 cm³/mol. The summed E-state index contributed by atoms with van der Waals surface area (Å²) < 4.78 is 0. The van der Waals surface area contributed by atoms with Gasteiger partial charge in [-0.1, -0.05) is 96.8 Å². The number of nitrogens with two attached hydrogens (primary N) is 1. The van der Waals surface area contributed by atoms with Crippen LogP contribution in [-0.4, -0.2) is 24.9 Å². The molecule has 0 aromatic heterocycles. The minimum atomic E-state index is -0.903. The molecule has 0 amide bonds. The number of unbranched alkanes of at least 4 members (excludes halogenated alkanes) is 14. The Hall–Kier alpha value is -0.610. The summed E-state index contributed by atoms with van der Waals surface area (Å²) in [5.41, 5.74) is 0. The van der Waals surface area contributed by atoms with Gasteiger partial charge in [-0.3, -0.25) is 0 Å². The third kappa shape index (κ3) is 29.4. The first kappa shape index (κ1) is 25.6. The molecule has 0 aromatic carbocycles. The number of aliphatic hydroxyl groups excluding tert-OH is 1. The van der Waals surface area contributed by atoms with Crippen molar-refractivity contribution in [2.24, 2.45) is 0 Å². The molecule has 0 unspecified atom stereocenters. The summed E-state index contributed by atoms with van der Waals surface area (Å²) >= 11 is 0. The molecule has 0 aliphatic rings. The van der Waals surface area contributed by atoms with Gasteiger partial charge >= 0.3 is 0 Å². The van der Waals surface area contributed by atoms with Crippen molar-refractivity contribution in [3.05, 3.63) is 0 Å². The van der Waals surface area contributed by atoms with E-state index in [1.165, 1.54) is 83.5 Å². The minimum absolute atomic E-state index is 0.194. The maximum Gasteiger partial charge on any atom is 0.176 e. The molecule has 0 aliphatic carbocycles. The van der Waals surface area contributed by atoms with E-state index >= 15 is 0 Å². The lowest BCUT2D eigenvalue weighted by molar-refractivity contribution is -0.658. The van der Waals surface area contributed by atoms with E-state index in [0.717, 1.165) is 12.8 Å². The Morgan fingerprint density at radius 2 is 1.04 bits per heavy atom. The Morgan fingerprint density at radius 3 is 1.29 bits per heavy atom. The van der Waals surface area contributed by atoms with Crippen LogP contribution in [0.25, 0.3) is 0 Å². The molecular formula is C20H43NO3. The standard InChI is InChI=1S/C18H36O2.C2H7NO/c1-2-3-4-5-6-7-8-9-10-11-12-13-14-15-16-17-18(19)20;1-3-2-4/h2-17H2,1H3,(H,19,20);3-4H,2H2,1H3. The van der Waals surface area contributed by atoms with Crippen molar-refractivity contribution in [1.82, 2.24) is 0 Å². The zero-order valence-corrected chi connectivity index (χ0v) is 16.4. The summed E-state index contributed by atoms with van der Waals surface area (Å²) in [6, 6.07) is 0. The molecule has 0 fully saturated rings. The number of aliphatic carboxylic acids is 1. The predicted octanol–water partition coefficient (Wildman–Crippen LogP) is 3.13. The number of aliphatic hydroxyl groups is 1. The normalized spacial score (nSPS) is 10.3. The second-order valence-electron chi connectivity index (χ2n) is 6.66. The summed E-state index contributed by atoms with van der Waals surface area (Å²) in [6.45, 7) is 2.46. The summed E-state index contributed by atoms with van der Waals surface area (Å²) in [4.78, 5) is 10.2. The molecule has 0 aliphatic heterocycles. The van der Waals surface area contributed by atoms with Crippen LogP contribution < -0.4 is 10.4 Å². The first-order valence-electron chi connectivity index (χ1n) is 10.3. The Bertz CT molecular complexity index is 233. The van der Waals surface area contributed by atoms with Gasteiger partial charge in [0.05, 0.1) is 7.05 Å².